The number of aliphatic hydroxyl groups is 1. The van der Waals surface area contributed by atoms with Crippen molar-refractivity contribution in [3.8, 4) is 0 Å². The van der Waals surface area contributed by atoms with Crippen molar-refractivity contribution in [3.05, 3.63) is 23.6 Å². The van der Waals surface area contributed by atoms with Crippen LogP contribution in [0.15, 0.2) is 12.3 Å². The first-order valence-corrected chi connectivity index (χ1v) is 5.03. The molecule has 6 heteroatoms. The quantitative estimate of drug-likeness (QED) is 0.827. The average Bonchev–Trinajstić information content (AvgIpc) is 2.14. The summed E-state index contributed by atoms with van der Waals surface area (Å²) in [6.45, 7) is 3.28. The van der Waals surface area contributed by atoms with Crippen LogP contribution in [0.1, 0.15) is 24.2 Å². The normalized spacial score (nSPS) is 11.4. The summed E-state index contributed by atoms with van der Waals surface area (Å²) >= 11 is 0. The van der Waals surface area contributed by atoms with E-state index in [1.165, 1.54) is 18.1 Å². The second-order valence-electron chi connectivity index (χ2n) is 4.47. The number of hydrogen-bond donors (Lipinski definition) is 2. The first kappa shape index (κ1) is 13.4. The van der Waals surface area contributed by atoms with E-state index in [-0.39, 0.29) is 12.4 Å². The molecule has 0 bridgehead atoms. The van der Waals surface area contributed by atoms with Crippen LogP contribution in [-0.2, 0) is 0 Å². The summed E-state index contributed by atoms with van der Waals surface area (Å²) in [5.74, 6) is -2.33. The van der Waals surface area contributed by atoms with Gasteiger partial charge in [0.15, 0.2) is 11.6 Å². The number of carbonyl (C=O) groups is 1. The van der Waals surface area contributed by atoms with Crippen molar-refractivity contribution in [2.75, 3.05) is 18.5 Å². The molecule has 0 radical (unpaired) electrons. The largest absolute Gasteiger partial charge is 0.478 e. The highest BCUT2D eigenvalue weighted by atomic mass is 19.1. The molecular weight excluding hydrogens is 227 g/mol. The number of hydrogen-bond acceptors (Lipinski definition) is 4. The van der Waals surface area contributed by atoms with Crippen LogP contribution in [0.2, 0.25) is 0 Å². The third-order valence-electron chi connectivity index (χ3n) is 2.09. The Balaban J connectivity index is 3.07. The Morgan fingerprint density at radius 2 is 2.18 bits per heavy atom. The van der Waals surface area contributed by atoms with E-state index in [1.54, 1.807) is 13.8 Å². The summed E-state index contributed by atoms with van der Waals surface area (Å²) in [6, 6.07) is 1.10. The third-order valence-corrected chi connectivity index (χ3v) is 2.09. The molecule has 0 amide bonds. The predicted molar refractivity (Wildman–Crippen MR) is 60.7 cm³/mol. The number of rotatable bonds is 4. The zero-order chi connectivity index (χ0) is 13.2. The van der Waals surface area contributed by atoms with Crippen LogP contribution in [0.5, 0.6) is 0 Å². The molecule has 0 saturated heterocycles. The van der Waals surface area contributed by atoms with Gasteiger partial charge in [-0.2, -0.15) is 0 Å². The molecule has 0 aliphatic carbocycles. The number of carboxylic acid groups (broad SMARTS) is 1. The number of halogens is 1. The van der Waals surface area contributed by atoms with Crippen LogP contribution in [0, 0.1) is 5.82 Å². The smallest absolute Gasteiger partial charge is 0.338 e. The van der Waals surface area contributed by atoms with Gasteiger partial charge < -0.3 is 15.1 Å². The Hall–Kier alpha value is -1.69. The maximum atomic E-state index is 13.8. The van der Waals surface area contributed by atoms with Gasteiger partial charge in [0, 0.05) is 19.8 Å². The lowest BCUT2D eigenvalue weighted by atomic mass is 10.1. The highest BCUT2D eigenvalue weighted by molar-refractivity contribution is 5.88. The van der Waals surface area contributed by atoms with E-state index in [0.717, 1.165) is 6.07 Å². The molecule has 0 fully saturated rings. The van der Waals surface area contributed by atoms with Gasteiger partial charge in [-0.05, 0) is 19.9 Å². The van der Waals surface area contributed by atoms with Crippen molar-refractivity contribution in [2.45, 2.75) is 19.4 Å². The van der Waals surface area contributed by atoms with Crippen molar-refractivity contribution in [1.29, 1.82) is 0 Å². The molecule has 0 aliphatic heterocycles. The summed E-state index contributed by atoms with van der Waals surface area (Å²) in [5, 5.41) is 18.4. The van der Waals surface area contributed by atoms with Crippen LogP contribution in [-0.4, -0.2) is 40.4 Å². The summed E-state index contributed by atoms with van der Waals surface area (Å²) < 4.78 is 13.8. The van der Waals surface area contributed by atoms with Gasteiger partial charge in [-0.3, -0.25) is 0 Å². The Morgan fingerprint density at radius 3 is 2.65 bits per heavy atom. The van der Waals surface area contributed by atoms with Gasteiger partial charge in [0.2, 0.25) is 0 Å². The standard InChI is InChI=1S/C11H15FN2O3/c1-11(2,17)6-14(3)9-8(12)7(10(15)16)4-5-13-9/h4-5,17H,6H2,1-3H3,(H,15,16). The fourth-order valence-corrected chi connectivity index (χ4v) is 1.52. The van der Waals surface area contributed by atoms with Gasteiger partial charge in [-0.1, -0.05) is 0 Å². The fraction of sp³-hybridized carbons (Fsp3) is 0.455. The van der Waals surface area contributed by atoms with Crippen molar-refractivity contribution >= 4 is 11.8 Å². The number of nitrogens with zero attached hydrogens (tertiary/aromatic N) is 2. The van der Waals surface area contributed by atoms with E-state index in [9.17, 15) is 14.3 Å². The Bertz CT molecular complexity index is 429. The molecule has 1 aromatic rings. The lowest BCUT2D eigenvalue weighted by Crippen LogP contribution is -2.37. The summed E-state index contributed by atoms with van der Waals surface area (Å²) in [7, 11) is 1.54. The summed E-state index contributed by atoms with van der Waals surface area (Å²) in [4.78, 5) is 15.9. The monoisotopic (exact) mass is 242 g/mol. The molecule has 5 nitrogen and oxygen atoms in total. The zero-order valence-electron chi connectivity index (χ0n) is 9.94. The highest BCUT2D eigenvalue weighted by Gasteiger charge is 2.22. The number of aromatic carboxylic acids is 1. The molecule has 0 atom stereocenters. The Labute approximate surface area is 98.5 Å². The first-order valence-electron chi connectivity index (χ1n) is 5.03. The van der Waals surface area contributed by atoms with E-state index < -0.39 is 23.0 Å². The molecule has 1 rings (SSSR count). The van der Waals surface area contributed by atoms with Gasteiger partial charge in [0.25, 0.3) is 0 Å². The van der Waals surface area contributed by atoms with Crippen molar-refractivity contribution in [2.24, 2.45) is 0 Å². The van der Waals surface area contributed by atoms with E-state index >= 15 is 0 Å². The summed E-state index contributed by atoms with van der Waals surface area (Å²) in [5.41, 5.74) is -1.46. The molecule has 0 spiro atoms. The van der Waals surface area contributed by atoms with Crippen LogP contribution >= 0.6 is 0 Å². The average molecular weight is 242 g/mol. The van der Waals surface area contributed by atoms with Gasteiger partial charge in [0.1, 0.15) is 5.56 Å². The van der Waals surface area contributed by atoms with E-state index in [1.807, 2.05) is 0 Å². The first-order chi connectivity index (χ1) is 7.72. The molecule has 2 N–H and O–H groups in total. The van der Waals surface area contributed by atoms with Crippen LogP contribution in [0.3, 0.4) is 0 Å². The van der Waals surface area contributed by atoms with Gasteiger partial charge in [-0.25, -0.2) is 14.2 Å². The molecule has 0 saturated carbocycles. The minimum Gasteiger partial charge on any atom is -0.478 e. The SMILES string of the molecule is CN(CC(C)(C)O)c1nccc(C(=O)O)c1F. The van der Waals surface area contributed by atoms with Gasteiger partial charge in [-0.15, -0.1) is 0 Å². The van der Waals surface area contributed by atoms with E-state index in [0.29, 0.717) is 0 Å². The number of pyridine rings is 1. The maximum Gasteiger partial charge on any atom is 0.338 e. The van der Waals surface area contributed by atoms with E-state index in [2.05, 4.69) is 4.98 Å². The van der Waals surface area contributed by atoms with Crippen LogP contribution in [0.4, 0.5) is 10.2 Å². The van der Waals surface area contributed by atoms with Crippen molar-refractivity contribution < 1.29 is 19.4 Å². The van der Waals surface area contributed by atoms with E-state index in [4.69, 9.17) is 5.11 Å². The molecule has 1 aromatic heterocycles. The number of carboxylic acids is 1. The third kappa shape index (κ3) is 3.39. The Kier molecular flexibility index (Phi) is 3.67. The minimum atomic E-state index is -1.34. The fourth-order valence-electron chi connectivity index (χ4n) is 1.52. The second kappa shape index (κ2) is 4.67. The predicted octanol–water partition coefficient (Wildman–Crippen LogP) is 1.13. The topological polar surface area (TPSA) is 73.7 Å². The lowest BCUT2D eigenvalue weighted by Gasteiger charge is -2.26. The minimum absolute atomic E-state index is 0.0907. The second-order valence-corrected chi connectivity index (χ2v) is 4.47. The maximum absolute atomic E-state index is 13.8. The number of anilines is 1. The highest BCUT2D eigenvalue weighted by Crippen LogP contribution is 2.19. The van der Waals surface area contributed by atoms with Crippen molar-refractivity contribution in [1.82, 2.24) is 4.98 Å². The van der Waals surface area contributed by atoms with Gasteiger partial charge in [0.05, 0.1) is 5.60 Å². The molecule has 94 valence electrons. The molecule has 0 aliphatic rings. The zero-order valence-corrected chi connectivity index (χ0v) is 9.94. The number of aromatic nitrogens is 1. The molecular formula is C11H15FN2O3. The molecule has 0 aromatic carbocycles. The van der Waals surface area contributed by atoms with Crippen molar-refractivity contribution in [3.63, 3.8) is 0 Å². The van der Waals surface area contributed by atoms with Crippen LogP contribution in [0.25, 0.3) is 0 Å². The molecule has 0 unspecified atom stereocenters. The Morgan fingerprint density at radius 1 is 1.59 bits per heavy atom. The van der Waals surface area contributed by atoms with Crippen LogP contribution < -0.4 is 4.90 Å². The lowest BCUT2D eigenvalue weighted by molar-refractivity contribution is 0.0692. The number of likely N-dealkylation sites (N-methyl/N-ethyl adjacent to an activating group) is 1. The summed E-state index contributed by atoms with van der Waals surface area (Å²) in [6.07, 6.45) is 1.22. The molecule has 1 heterocycles. The van der Waals surface area contributed by atoms with Gasteiger partial charge >= 0.3 is 5.97 Å². The molecule has 17 heavy (non-hydrogen) atoms.